The molecule has 0 amide bonds. The SMILES string of the molecule is COCc1c(F)cc(C2(N=C=O)CCC2)cc1F. The third-order valence-corrected chi connectivity index (χ3v) is 3.41. The number of isocyanates is 1. The molecule has 1 aliphatic carbocycles. The van der Waals surface area contributed by atoms with Gasteiger partial charge in [0.1, 0.15) is 11.6 Å². The van der Waals surface area contributed by atoms with Crippen molar-refractivity contribution in [2.45, 2.75) is 31.4 Å². The van der Waals surface area contributed by atoms with E-state index in [4.69, 9.17) is 4.74 Å². The third kappa shape index (κ3) is 2.07. The molecule has 0 spiro atoms. The molecule has 3 nitrogen and oxygen atoms in total. The fourth-order valence-corrected chi connectivity index (χ4v) is 2.22. The summed E-state index contributed by atoms with van der Waals surface area (Å²) in [7, 11) is 1.37. The molecule has 0 bridgehead atoms. The molecule has 0 aliphatic heterocycles. The molecule has 0 heterocycles. The van der Waals surface area contributed by atoms with Crippen molar-refractivity contribution in [1.82, 2.24) is 0 Å². The van der Waals surface area contributed by atoms with Gasteiger partial charge in [-0.2, -0.15) is 4.99 Å². The molecule has 2 rings (SSSR count). The Morgan fingerprint density at radius 2 is 2.00 bits per heavy atom. The predicted molar refractivity (Wildman–Crippen MR) is 60.7 cm³/mol. The maximum absolute atomic E-state index is 13.8. The summed E-state index contributed by atoms with van der Waals surface area (Å²) in [4.78, 5) is 14.1. The molecule has 5 heteroatoms. The van der Waals surface area contributed by atoms with Crippen molar-refractivity contribution >= 4 is 6.08 Å². The van der Waals surface area contributed by atoms with Crippen LogP contribution in [0.1, 0.15) is 30.4 Å². The van der Waals surface area contributed by atoms with Crippen LogP contribution in [0.25, 0.3) is 0 Å². The molecule has 1 aromatic carbocycles. The fourth-order valence-electron chi connectivity index (χ4n) is 2.22. The number of halogens is 2. The lowest BCUT2D eigenvalue weighted by Crippen LogP contribution is -2.32. The number of carbonyl (C=O) groups excluding carboxylic acids is 1. The van der Waals surface area contributed by atoms with E-state index in [1.807, 2.05) is 0 Å². The van der Waals surface area contributed by atoms with Crippen LogP contribution in [0.2, 0.25) is 0 Å². The summed E-state index contributed by atoms with van der Waals surface area (Å²) in [6, 6.07) is 2.47. The van der Waals surface area contributed by atoms with Crippen LogP contribution in [0.5, 0.6) is 0 Å². The first-order valence-corrected chi connectivity index (χ1v) is 5.69. The zero-order chi connectivity index (χ0) is 13.2. The number of rotatable bonds is 4. The Labute approximate surface area is 103 Å². The normalized spacial score (nSPS) is 16.8. The standard InChI is InChI=1S/C13H13F2NO2/c1-18-7-10-11(14)5-9(6-12(10)15)13(16-8-17)3-2-4-13/h5-6H,2-4,7H2,1H3. The van der Waals surface area contributed by atoms with E-state index in [1.54, 1.807) is 0 Å². The first-order valence-electron chi connectivity index (χ1n) is 5.69. The van der Waals surface area contributed by atoms with Gasteiger partial charge in [0.25, 0.3) is 0 Å². The molecule has 0 unspecified atom stereocenters. The lowest BCUT2D eigenvalue weighted by Gasteiger charge is -2.37. The van der Waals surface area contributed by atoms with Crippen LogP contribution in [-0.2, 0) is 21.7 Å². The summed E-state index contributed by atoms with van der Waals surface area (Å²) < 4.78 is 32.3. The van der Waals surface area contributed by atoms with Crippen molar-refractivity contribution in [2.24, 2.45) is 4.99 Å². The van der Waals surface area contributed by atoms with Crippen molar-refractivity contribution in [3.8, 4) is 0 Å². The van der Waals surface area contributed by atoms with Gasteiger partial charge in [0.2, 0.25) is 6.08 Å². The Kier molecular flexibility index (Phi) is 3.55. The van der Waals surface area contributed by atoms with Gasteiger partial charge in [0, 0.05) is 12.7 Å². The van der Waals surface area contributed by atoms with Crippen LogP contribution in [-0.4, -0.2) is 13.2 Å². The molecule has 0 atom stereocenters. The van der Waals surface area contributed by atoms with Gasteiger partial charge in [-0.25, -0.2) is 13.6 Å². The van der Waals surface area contributed by atoms with Crippen molar-refractivity contribution in [3.05, 3.63) is 34.9 Å². The number of nitrogens with zero attached hydrogens (tertiary/aromatic N) is 1. The van der Waals surface area contributed by atoms with E-state index < -0.39 is 17.2 Å². The number of ether oxygens (including phenoxy) is 1. The first kappa shape index (κ1) is 12.9. The van der Waals surface area contributed by atoms with Crippen molar-refractivity contribution in [1.29, 1.82) is 0 Å². The fraction of sp³-hybridized carbons (Fsp3) is 0.462. The summed E-state index contributed by atoms with van der Waals surface area (Å²) >= 11 is 0. The summed E-state index contributed by atoms with van der Waals surface area (Å²) in [5, 5.41) is 0. The van der Waals surface area contributed by atoms with Crippen LogP contribution >= 0.6 is 0 Å². The Morgan fingerprint density at radius 3 is 2.39 bits per heavy atom. The zero-order valence-electron chi connectivity index (χ0n) is 10.0. The molecule has 0 N–H and O–H groups in total. The molecule has 96 valence electrons. The monoisotopic (exact) mass is 253 g/mol. The zero-order valence-corrected chi connectivity index (χ0v) is 10.0. The minimum Gasteiger partial charge on any atom is -0.380 e. The van der Waals surface area contributed by atoms with E-state index >= 15 is 0 Å². The van der Waals surface area contributed by atoms with Gasteiger partial charge in [0.05, 0.1) is 12.1 Å². The number of hydrogen-bond acceptors (Lipinski definition) is 3. The second kappa shape index (κ2) is 4.96. The second-order valence-corrected chi connectivity index (χ2v) is 4.44. The van der Waals surface area contributed by atoms with E-state index in [2.05, 4.69) is 4.99 Å². The van der Waals surface area contributed by atoms with Gasteiger partial charge in [-0.1, -0.05) is 0 Å². The highest BCUT2D eigenvalue weighted by Crippen LogP contribution is 2.45. The van der Waals surface area contributed by atoms with E-state index in [1.165, 1.54) is 25.3 Å². The molecule has 1 aliphatic rings. The molecule has 18 heavy (non-hydrogen) atoms. The minimum absolute atomic E-state index is 0.106. The summed E-state index contributed by atoms with van der Waals surface area (Å²) in [6.45, 7) is -0.123. The third-order valence-electron chi connectivity index (χ3n) is 3.41. The van der Waals surface area contributed by atoms with Crippen molar-refractivity contribution < 1.29 is 18.3 Å². The van der Waals surface area contributed by atoms with E-state index in [0.717, 1.165) is 6.42 Å². The van der Waals surface area contributed by atoms with Crippen LogP contribution in [0.4, 0.5) is 8.78 Å². The quantitative estimate of drug-likeness (QED) is 0.611. The maximum atomic E-state index is 13.8. The van der Waals surface area contributed by atoms with Crippen LogP contribution in [0, 0.1) is 11.6 Å². The van der Waals surface area contributed by atoms with Crippen molar-refractivity contribution in [3.63, 3.8) is 0 Å². The molecule has 0 radical (unpaired) electrons. The number of methoxy groups -OCH3 is 1. The number of benzene rings is 1. The van der Waals surface area contributed by atoms with Gasteiger partial charge in [-0.05, 0) is 37.0 Å². The molecule has 1 fully saturated rings. The highest BCUT2D eigenvalue weighted by Gasteiger charge is 2.39. The molecular weight excluding hydrogens is 240 g/mol. The van der Waals surface area contributed by atoms with Crippen LogP contribution in [0.3, 0.4) is 0 Å². The second-order valence-electron chi connectivity index (χ2n) is 4.44. The van der Waals surface area contributed by atoms with Gasteiger partial charge < -0.3 is 4.74 Å². The molecule has 0 saturated heterocycles. The molecular formula is C13H13F2NO2. The Hall–Kier alpha value is -1.58. The van der Waals surface area contributed by atoms with E-state index in [-0.39, 0.29) is 12.2 Å². The summed E-state index contributed by atoms with van der Waals surface area (Å²) in [5.41, 5.74) is -0.493. The van der Waals surface area contributed by atoms with Crippen LogP contribution in [0.15, 0.2) is 17.1 Å². The summed E-state index contributed by atoms with van der Waals surface area (Å²) in [5.74, 6) is -1.33. The Bertz CT molecular complexity index is 483. The smallest absolute Gasteiger partial charge is 0.235 e. The molecule has 0 aromatic heterocycles. The van der Waals surface area contributed by atoms with Gasteiger partial charge >= 0.3 is 0 Å². The average molecular weight is 253 g/mol. The van der Waals surface area contributed by atoms with Gasteiger partial charge in [-0.15, -0.1) is 0 Å². The van der Waals surface area contributed by atoms with Gasteiger partial charge in [-0.3, -0.25) is 0 Å². The number of aliphatic imine (C=N–C) groups is 1. The highest BCUT2D eigenvalue weighted by molar-refractivity contribution is 5.40. The van der Waals surface area contributed by atoms with Gasteiger partial charge in [0.15, 0.2) is 0 Å². The largest absolute Gasteiger partial charge is 0.380 e. The Morgan fingerprint density at radius 1 is 1.39 bits per heavy atom. The average Bonchev–Trinajstić information content (AvgIpc) is 2.28. The Balaban J connectivity index is 2.44. The van der Waals surface area contributed by atoms with Crippen LogP contribution < -0.4 is 0 Å². The lowest BCUT2D eigenvalue weighted by atomic mass is 9.72. The number of hydrogen-bond donors (Lipinski definition) is 0. The molecule has 1 aromatic rings. The topological polar surface area (TPSA) is 38.7 Å². The highest BCUT2D eigenvalue weighted by atomic mass is 19.1. The van der Waals surface area contributed by atoms with E-state index in [9.17, 15) is 13.6 Å². The first-order chi connectivity index (χ1) is 8.63. The lowest BCUT2D eigenvalue weighted by molar-refractivity contribution is 0.177. The minimum atomic E-state index is -0.783. The molecule has 1 saturated carbocycles. The maximum Gasteiger partial charge on any atom is 0.235 e. The van der Waals surface area contributed by atoms with E-state index in [0.29, 0.717) is 18.4 Å². The predicted octanol–water partition coefficient (Wildman–Crippen LogP) is 2.83. The van der Waals surface area contributed by atoms with Crippen molar-refractivity contribution in [2.75, 3.05) is 7.11 Å². The summed E-state index contributed by atoms with van der Waals surface area (Å²) in [6.07, 6.45) is 3.61.